The van der Waals surface area contributed by atoms with E-state index in [1.165, 1.54) is 25.6 Å². The van der Waals surface area contributed by atoms with E-state index < -0.39 is 41.5 Å². The molecule has 4 heterocycles. The number of carbonyl (C=O) groups excluding carboxylic acids is 1. The summed E-state index contributed by atoms with van der Waals surface area (Å²) in [6, 6.07) is 3.86. The predicted molar refractivity (Wildman–Crippen MR) is 137 cm³/mol. The lowest BCUT2D eigenvalue weighted by Gasteiger charge is -2.25. The Morgan fingerprint density at radius 3 is 2.58 bits per heavy atom. The van der Waals surface area contributed by atoms with Crippen molar-refractivity contribution in [1.29, 1.82) is 0 Å². The van der Waals surface area contributed by atoms with Crippen LogP contribution in [-0.2, 0) is 23.7 Å². The van der Waals surface area contributed by atoms with Crippen LogP contribution in [0.1, 0.15) is 77.5 Å². The third kappa shape index (κ3) is 4.06. The maximum absolute atomic E-state index is 12.9. The lowest BCUT2D eigenvalue weighted by Crippen LogP contribution is -2.34. The highest BCUT2D eigenvalue weighted by Crippen LogP contribution is 2.71. The van der Waals surface area contributed by atoms with Gasteiger partial charge in [0.05, 0.1) is 12.0 Å². The third-order valence-corrected chi connectivity index (χ3v) is 8.17. The number of ether oxygens (including phenoxy) is 5. The van der Waals surface area contributed by atoms with Gasteiger partial charge in [0, 0.05) is 14.1 Å². The molecule has 4 fully saturated rings. The molecule has 2 aliphatic carbocycles. The van der Waals surface area contributed by atoms with Gasteiger partial charge in [0.25, 0.3) is 0 Å². The van der Waals surface area contributed by atoms with Gasteiger partial charge in [-0.25, -0.2) is 19.3 Å². The highest BCUT2D eigenvalue weighted by Gasteiger charge is 2.92. The van der Waals surface area contributed by atoms with Crippen LogP contribution in [0.25, 0.3) is 5.52 Å². The molecule has 6 rings (SSSR count). The van der Waals surface area contributed by atoms with Crippen LogP contribution in [0.4, 0.5) is 10.6 Å². The second kappa shape index (κ2) is 9.17. The molecule has 2 saturated carbocycles. The minimum atomic E-state index is -0.940. The summed E-state index contributed by atoms with van der Waals surface area (Å²) in [6.45, 7) is 5.65. The summed E-state index contributed by atoms with van der Waals surface area (Å²) in [6.07, 6.45) is 8.24. The molecule has 0 bridgehead atoms. The Labute approximate surface area is 222 Å². The van der Waals surface area contributed by atoms with Gasteiger partial charge in [-0.15, -0.1) is 0 Å². The van der Waals surface area contributed by atoms with Crippen molar-refractivity contribution in [3.8, 4) is 0 Å². The molecule has 4 aliphatic rings. The summed E-state index contributed by atoms with van der Waals surface area (Å²) in [5, 5.41) is 4.47. The van der Waals surface area contributed by atoms with Gasteiger partial charge in [0.2, 0.25) is 0 Å². The van der Waals surface area contributed by atoms with Gasteiger partial charge in [-0.05, 0) is 58.6 Å². The molecule has 1 spiro atoms. The van der Waals surface area contributed by atoms with Crippen molar-refractivity contribution in [3.63, 3.8) is 0 Å². The molecule has 1 unspecified atom stereocenters. The first-order valence-corrected chi connectivity index (χ1v) is 13.6. The van der Waals surface area contributed by atoms with E-state index >= 15 is 0 Å². The molecular weight excluding hydrogens is 490 g/mol. The standard InChI is InChI=1S/C27H37N5O6/c1-25(2)37-21-20(18-13-14-19-22(29-16-31(4)5)28-15-30-32(18)19)36-26(3)23(27(21,26)38-25)35-24(33)34-17-11-9-7-6-8-10-12-17/h13-17,20-21,23H,6-12H2,1-5H3/b29-16-/t20-,21-,23?,26+,27+/m0/s1. The van der Waals surface area contributed by atoms with E-state index in [1.807, 2.05) is 51.9 Å². The fourth-order valence-corrected chi connectivity index (χ4v) is 6.42. The average molecular weight is 528 g/mol. The lowest BCUT2D eigenvalue weighted by atomic mass is 9.99. The Kier molecular flexibility index (Phi) is 6.16. The number of rotatable bonds is 5. The molecule has 11 nitrogen and oxygen atoms in total. The summed E-state index contributed by atoms with van der Waals surface area (Å²) in [5.41, 5.74) is -0.292. The molecule has 0 amide bonds. The molecule has 0 radical (unpaired) electrons. The van der Waals surface area contributed by atoms with Crippen LogP contribution >= 0.6 is 0 Å². The highest BCUT2D eigenvalue weighted by molar-refractivity contribution is 5.71. The van der Waals surface area contributed by atoms with Gasteiger partial charge in [0.15, 0.2) is 23.3 Å². The van der Waals surface area contributed by atoms with E-state index in [2.05, 4.69) is 15.1 Å². The highest BCUT2D eigenvalue weighted by atomic mass is 16.8. The van der Waals surface area contributed by atoms with Gasteiger partial charge >= 0.3 is 6.16 Å². The summed E-state index contributed by atoms with van der Waals surface area (Å²) in [7, 11) is 3.80. The van der Waals surface area contributed by atoms with Crippen LogP contribution in [0.3, 0.4) is 0 Å². The Balaban J connectivity index is 1.24. The van der Waals surface area contributed by atoms with Crippen LogP contribution in [0.2, 0.25) is 0 Å². The Hall–Kier alpha value is -2.76. The van der Waals surface area contributed by atoms with Crippen molar-refractivity contribution in [2.75, 3.05) is 14.1 Å². The zero-order chi connectivity index (χ0) is 26.7. The van der Waals surface area contributed by atoms with E-state index in [9.17, 15) is 4.79 Å². The molecule has 206 valence electrons. The smallest absolute Gasteiger partial charge is 0.431 e. The zero-order valence-corrected chi connectivity index (χ0v) is 22.8. The van der Waals surface area contributed by atoms with Crippen molar-refractivity contribution in [2.45, 2.75) is 107 Å². The normalized spacial score (nSPS) is 34.5. The van der Waals surface area contributed by atoms with Gasteiger partial charge in [-0.1, -0.05) is 19.3 Å². The van der Waals surface area contributed by atoms with Gasteiger partial charge in [-0.2, -0.15) is 5.10 Å². The molecule has 2 saturated heterocycles. The Morgan fingerprint density at radius 1 is 1.11 bits per heavy atom. The molecule has 5 atom stereocenters. The maximum Gasteiger partial charge on any atom is 0.509 e. The van der Waals surface area contributed by atoms with E-state index in [0.717, 1.165) is 36.9 Å². The van der Waals surface area contributed by atoms with E-state index in [1.54, 1.807) is 10.9 Å². The van der Waals surface area contributed by atoms with Gasteiger partial charge < -0.3 is 28.6 Å². The van der Waals surface area contributed by atoms with Gasteiger partial charge in [0.1, 0.15) is 35.8 Å². The Morgan fingerprint density at radius 2 is 1.84 bits per heavy atom. The number of nitrogens with zero attached hydrogens (tertiary/aromatic N) is 5. The summed E-state index contributed by atoms with van der Waals surface area (Å²) in [4.78, 5) is 23.5. The fourth-order valence-electron chi connectivity index (χ4n) is 6.42. The molecule has 0 N–H and O–H groups in total. The molecule has 2 aromatic rings. The maximum atomic E-state index is 12.9. The number of aromatic nitrogens is 3. The summed E-state index contributed by atoms with van der Waals surface area (Å²) in [5.74, 6) is -0.329. The number of hydrogen-bond acceptors (Lipinski definition) is 9. The van der Waals surface area contributed by atoms with E-state index in [0.29, 0.717) is 5.82 Å². The number of carbonyl (C=O) groups is 1. The largest absolute Gasteiger partial charge is 0.509 e. The summed E-state index contributed by atoms with van der Waals surface area (Å²) >= 11 is 0. The summed E-state index contributed by atoms with van der Waals surface area (Å²) < 4.78 is 32.8. The average Bonchev–Trinajstić information content (AvgIpc) is 3.22. The predicted octanol–water partition coefficient (Wildman–Crippen LogP) is 4.32. The second-order valence-corrected chi connectivity index (χ2v) is 11.7. The molecule has 2 aromatic heterocycles. The number of fused-ring (bicyclic) bond motifs is 1. The first-order chi connectivity index (χ1) is 18.1. The minimum absolute atomic E-state index is 0.107. The van der Waals surface area contributed by atoms with E-state index in [4.69, 9.17) is 23.7 Å². The molecule has 11 heteroatoms. The topological polar surface area (TPSA) is 109 Å². The Bertz CT molecular complexity index is 1240. The van der Waals surface area contributed by atoms with Crippen molar-refractivity contribution < 1.29 is 28.5 Å². The minimum Gasteiger partial charge on any atom is -0.431 e. The lowest BCUT2D eigenvalue weighted by molar-refractivity contribution is -0.186. The van der Waals surface area contributed by atoms with Crippen LogP contribution in [0.5, 0.6) is 0 Å². The molecule has 0 aromatic carbocycles. The van der Waals surface area contributed by atoms with Crippen molar-refractivity contribution in [1.82, 2.24) is 19.5 Å². The van der Waals surface area contributed by atoms with E-state index in [-0.39, 0.29) is 6.10 Å². The third-order valence-electron chi connectivity index (χ3n) is 8.17. The van der Waals surface area contributed by atoms with Crippen molar-refractivity contribution in [2.24, 2.45) is 4.99 Å². The number of hydrogen-bond donors (Lipinski definition) is 0. The van der Waals surface area contributed by atoms with Crippen molar-refractivity contribution >= 4 is 23.8 Å². The van der Waals surface area contributed by atoms with Crippen LogP contribution in [0, 0.1) is 0 Å². The SMILES string of the molecule is CN(C)/C=N\c1ncnn2c([C@@H]3O[C@]4(C)C(OC(=O)OC5CCCCCCC5)[C@@]45OC(C)(C)O[C@@H]35)ccc12. The molecular formula is C27H37N5O6. The van der Waals surface area contributed by atoms with Crippen molar-refractivity contribution in [3.05, 3.63) is 24.2 Å². The van der Waals surface area contributed by atoms with Crippen LogP contribution in [0.15, 0.2) is 23.5 Å². The first-order valence-electron chi connectivity index (χ1n) is 13.6. The molecule has 38 heavy (non-hydrogen) atoms. The molecule has 2 aliphatic heterocycles. The van der Waals surface area contributed by atoms with Crippen LogP contribution in [-0.4, -0.2) is 81.4 Å². The second-order valence-electron chi connectivity index (χ2n) is 11.7. The zero-order valence-electron chi connectivity index (χ0n) is 22.8. The van der Waals surface area contributed by atoms with Crippen LogP contribution < -0.4 is 0 Å². The fraction of sp³-hybridized carbons (Fsp3) is 0.704. The van der Waals surface area contributed by atoms with Gasteiger partial charge in [-0.3, -0.25) is 0 Å². The first kappa shape index (κ1) is 25.5. The number of aliphatic imine (C=N–C) groups is 1. The quantitative estimate of drug-likeness (QED) is 0.319. The monoisotopic (exact) mass is 527 g/mol.